The second-order valence-electron chi connectivity index (χ2n) is 4.83. The standard InChI is InChI=1S/C18H20O3/c1-3-17(15-7-5-4-6-8-15)18(19)21-13-14-9-11-16(20-2)12-10-14/h4-12,17H,3,13H2,1-2H3/t17-/m0/s1. The van der Waals surface area contributed by atoms with E-state index in [2.05, 4.69) is 0 Å². The Bertz CT molecular complexity index is 561. The zero-order chi connectivity index (χ0) is 15.1. The molecule has 2 rings (SSSR count). The molecule has 0 bridgehead atoms. The normalized spacial score (nSPS) is 11.7. The van der Waals surface area contributed by atoms with Gasteiger partial charge in [-0.3, -0.25) is 4.79 Å². The van der Waals surface area contributed by atoms with Crippen LogP contribution in [0, 0.1) is 0 Å². The van der Waals surface area contributed by atoms with Gasteiger partial charge in [0.15, 0.2) is 0 Å². The van der Waals surface area contributed by atoms with Crippen LogP contribution in [0.5, 0.6) is 5.75 Å². The summed E-state index contributed by atoms with van der Waals surface area (Å²) in [5, 5.41) is 0. The van der Waals surface area contributed by atoms with E-state index in [0.717, 1.165) is 23.3 Å². The van der Waals surface area contributed by atoms with Crippen molar-refractivity contribution in [1.82, 2.24) is 0 Å². The number of esters is 1. The van der Waals surface area contributed by atoms with Crippen LogP contribution in [-0.2, 0) is 16.1 Å². The lowest BCUT2D eigenvalue weighted by Crippen LogP contribution is -2.15. The van der Waals surface area contributed by atoms with Crippen molar-refractivity contribution in [3.05, 3.63) is 65.7 Å². The first-order valence-corrected chi connectivity index (χ1v) is 7.09. The second-order valence-corrected chi connectivity index (χ2v) is 4.83. The number of hydrogen-bond donors (Lipinski definition) is 0. The van der Waals surface area contributed by atoms with Gasteiger partial charge in [-0.25, -0.2) is 0 Å². The van der Waals surface area contributed by atoms with E-state index in [1.807, 2.05) is 61.5 Å². The molecular formula is C18H20O3. The molecule has 0 aliphatic rings. The lowest BCUT2D eigenvalue weighted by atomic mass is 9.97. The second kappa shape index (κ2) is 7.48. The Labute approximate surface area is 125 Å². The van der Waals surface area contributed by atoms with E-state index in [1.165, 1.54) is 0 Å². The number of carbonyl (C=O) groups excluding carboxylic acids is 1. The molecule has 110 valence electrons. The fourth-order valence-electron chi connectivity index (χ4n) is 2.20. The summed E-state index contributed by atoms with van der Waals surface area (Å²) >= 11 is 0. The molecule has 0 fully saturated rings. The van der Waals surface area contributed by atoms with Crippen LogP contribution in [0.15, 0.2) is 54.6 Å². The summed E-state index contributed by atoms with van der Waals surface area (Å²) in [5.41, 5.74) is 1.95. The summed E-state index contributed by atoms with van der Waals surface area (Å²) in [7, 11) is 1.63. The van der Waals surface area contributed by atoms with E-state index in [0.29, 0.717) is 0 Å². The van der Waals surface area contributed by atoms with Gasteiger partial charge >= 0.3 is 5.97 Å². The van der Waals surface area contributed by atoms with Gasteiger partial charge in [0.2, 0.25) is 0 Å². The summed E-state index contributed by atoms with van der Waals surface area (Å²) in [6.45, 7) is 2.28. The lowest BCUT2D eigenvalue weighted by molar-refractivity contribution is -0.146. The van der Waals surface area contributed by atoms with E-state index in [9.17, 15) is 4.79 Å². The van der Waals surface area contributed by atoms with Crippen LogP contribution >= 0.6 is 0 Å². The maximum atomic E-state index is 12.2. The van der Waals surface area contributed by atoms with Crippen molar-refractivity contribution < 1.29 is 14.3 Å². The Kier molecular flexibility index (Phi) is 5.38. The Morgan fingerprint density at radius 3 is 2.29 bits per heavy atom. The average Bonchev–Trinajstić information content (AvgIpc) is 2.55. The fourth-order valence-corrected chi connectivity index (χ4v) is 2.20. The number of methoxy groups -OCH3 is 1. The summed E-state index contributed by atoms with van der Waals surface area (Å²) < 4.78 is 10.5. The highest BCUT2D eigenvalue weighted by Crippen LogP contribution is 2.21. The molecule has 0 aliphatic carbocycles. The molecule has 0 N–H and O–H groups in total. The van der Waals surface area contributed by atoms with Gasteiger partial charge in [0.25, 0.3) is 0 Å². The molecule has 0 heterocycles. The highest BCUT2D eigenvalue weighted by atomic mass is 16.5. The highest BCUT2D eigenvalue weighted by molar-refractivity contribution is 5.78. The van der Waals surface area contributed by atoms with Crippen molar-refractivity contribution in [1.29, 1.82) is 0 Å². The zero-order valence-corrected chi connectivity index (χ0v) is 12.4. The van der Waals surface area contributed by atoms with Gasteiger partial charge in [0.05, 0.1) is 13.0 Å². The minimum absolute atomic E-state index is 0.181. The number of rotatable bonds is 6. The molecule has 0 saturated carbocycles. The van der Waals surface area contributed by atoms with Gasteiger partial charge in [-0.1, -0.05) is 49.4 Å². The van der Waals surface area contributed by atoms with E-state index in [1.54, 1.807) is 7.11 Å². The quantitative estimate of drug-likeness (QED) is 0.754. The maximum absolute atomic E-state index is 12.2. The van der Waals surface area contributed by atoms with Crippen molar-refractivity contribution in [3.8, 4) is 5.75 Å². The first-order chi connectivity index (χ1) is 10.2. The van der Waals surface area contributed by atoms with E-state index in [4.69, 9.17) is 9.47 Å². The van der Waals surface area contributed by atoms with E-state index in [-0.39, 0.29) is 18.5 Å². The molecule has 0 amide bonds. The van der Waals surface area contributed by atoms with Crippen LogP contribution in [-0.4, -0.2) is 13.1 Å². The highest BCUT2D eigenvalue weighted by Gasteiger charge is 2.19. The molecule has 21 heavy (non-hydrogen) atoms. The minimum Gasteiger partial charge on any atom is -0.497 e. The van der Waals surface area contributed by atoms with Crippen LogP contribution in [0.4, 0.5) is 0 Å². The topological polar surface area (TPSA) is 35.5 Å². The third-order valence-electron chi connectivity index (χ3n) is 3.43. The van der Waals surface area contributed by atoms with Gasteiger partial charge in [-0.15, -0.1) is 0 Å². The number of ether oxygens (including phenoxy) is 2. The van der Waals surface area contributed by atoms with Crippen molar-refractivity contribution in [2.24, 2.45) is 0 Å². The van der Waals surface area contributed by atoms with Crippen molar-refractivity contribution >= 4 is 5.97 Å². The molecule has 3 heteroatoms. The molecule has 0 radical (unpaired) electrons. The van der Waals surface area contributed by atoms with E-state index >= 15 is 0 Å². The number of hydrogen-bond acceptors (Lipinski definition) is 3. The van der Waals surface area contributed by atoms with Crippen molar-refractivity contribution in [2.75, 3.05) is 7.11 Å². The summed E-state index contributed by atoms with van der Waals surface area (Å²) in [6.07, 6.45) is 0.728. The molecule has 2 aromatic carbocycles. The van der Waals surface area contributed by atoms with Gasteiger partial charge in [-0.2, -0.15) is 0 Å². The first kappa shape index (κ1) is 15.1. The lowest BCUT2D eigenvalue weighted by Gasteiger charge is -2.14. The monoisotopic (exact) mass is 284 g/mol. The Balaban J connectivity index is 1.96. The van der Waals surface area contributed by atoms with Crippen LogP contribution in [0.3, 0.4) is 0 Å². The predicted octanol–water partition coefficient (Wildman–Crippen LogP) is 3.93. The van der Waals surface area contributed by atoms with Crippen LogP contribution in [0.2, 0.25) is 0 Å². The molecular weight excluding hydrogens is 264 g/mol. The molecule has 0 saturated heterocycles. The Morgan fingerprint density at radius 1 is 1.05 bits per heavy atom. The van der Waals surface area contributed by atoms with Gasteiger partial charge in [0.1, 0.15) is 12.4 Å². The van der Waals surface area contributed by atoms with Gasteiger partial charge < -0.3 is 9.47 Å². The van der Waals surface area contributed by atoms with Crippen molar-refractivity contribution in [3.63, 3.8) is 0 Å². The smallest absolute Gasteiger partial charge is 0.313 e. The minimum atomic E-state index is -0.204. The summed E-state index contributed by atoms with van der Waals surface area (Å²) in [4.78, 5) is 12.2. The summed E-state index contributed by atoms with van der Waals surface area (Å²) in [6, 6.07) is 17.3. The maximum Gasteiger partial charge on any atom is 0.313 e. The zero-order valence-electron chi connectivity index (χ0n) is 12.4. The molecule has 2 aromatic rings. The van der Waals surface area contributed by atoms with Crippen LogP contribution < -0.4 is 4.74 Å². The summed E-state index contributed by atoms with van der Waals surface area (Å²) in [5.74, 6) is 0.407. The molecule has 1 atom stereocenters. The number of benzene rings is 2. The molecule has 0 aliphatic heterocycles. The largest absolute Gasteiger partial charge is 0.497 e. The molecule has 3 nitrogen and oxygen atoms in total. The van der Waals surface area contributed by atoms with Crippen LogP contribution in [0.25, 0.3) is 0 Å². The van der Waals surface area contributed by atoms with Crippen LogP contribution in [0.1, 0.15) is 30.4 Å². The first-order valence-electron chi connectivity index (χ1n) is 7.09. The van der Waals surface area contributed by atoms with Gasteiger partial charge in [-0.05, 0) is 29.7 Å². The van der Waals surface area contributed by atoms with Crippen molar-refractivity contribution in [2.45, 2.75) is 25.9 Å². The Morgan fingerprint density at radius 2 is 1.71 bits per heavy atom. The predicted molar refractivity (Wildman–Crippen MR) is 82.3 cm³/mol. The van der Waals surface area contributed by atoms with E-state index < -0.39 is 0 Å². The molecule has 0 aromatic heterocycles. The van der Waals surface area contributed by atoms with Gasteiger partial charge in [0, 0.05) is 0 Å². The molecule has 0 spiro atoms. The SMILES string of the molecule is CC[C@H](C(=O)OCc1ccc(OC)cc1)c1ccccc1. The number of carbonyl (C=O) groups is 1. The molecule has 0 unspecified atom stereocenters. The Hall–Kier alpha value is -2.29. The third kappa shape index (κ3) is 4.09. The average molecular weight is 284 g/mol. The fraction of sp³-hybridized carbons (Fsp3) is 0.278. The third-order valence-corrected chi connectivity index (χ3v) is 3.43.